The number of benzene rings is 1. The lowest BCUT2D eigenvalue weighted by Gasteiger charge is -2.15. The molecule has 2 heterocycles. The Labute approximate surface area is 121 Å². The Morgan fingerprint density at radius 1 is 1.28 bits per heavy atom. The Balaban J connectivity index is 1.62. The quantitative estimate of drug-likeness (QED) is 0.804. The Morgan fingerprint density at radius 2 is 2.11 bits per heavy atom. The standard InChI is InChI=1S/C15H16BrNS/c16-14-8-15(18-11-14)13-6-7-17(10-13)9-12-4-2-1-3-5-12/h1-5,8,11,13H,6-7,9-10H2. The minimum Gasteiger partial charge on any atom is -0.298 e. The molecule has 1 atom stereocenters. The zero-order valence-electron chi connectivity index (χ0n) is 10.2. The summed E-state index contributed by atoms with van der Waals surface area (Å²) >= 11 is 5.43. The third-order valence-corrected chi connectivity index (χ3v) is 5.37. The number of thiophene rings is 1. The molecule has 1 aromatic carbocycles. The van der Waals surface area contributed by atoms with Crippen LogP contribution >= 0.6 is 27.3 Å². The van der Waals surface area contributed by atoms with Crippen LogP contribution in [-0.2, 0) is 6.54 Å². The molecule has 1 nitrogen and oxygen atoms in total. The Morgan fingerprint density at radius 3 is 2.83 bits per heavy atom. The van der Waals surface area contributed by atoms with E-state index in [1.165, 1.54) is 34.4 Å². The number of hydrogen-bond donors (Lipinski definition) is 0. The summed E-state index contributed by atoms with van der Waals surface area (Å²) in [6.07, 6.45) is 1.29. The fourth-order valence-electron chi connectivity index (χ4n) is 2.59. The van der Waals surface area contributed by atoms with Gasteiger partial charge in [-0.1, -0.05) is 30.3 Å². The summed E-state index contributed by atoms with van der Waals surface area (Å²) in [5, 5.41) is 2.19. The molecule has 3 rings (SSSR count). The van der Waals surface area contributed by atoms with E-state index in [0.29, 0.717) is 0 Å². The number of hydrogen-bond acceptors (Lipinski definition) is 2. The van der Waals surface area contributed by atoms with Crippen LogP contribution in [0.4, 0.5) is 0 Å². The third kappa shape index (κ3) is 2.85. The van der Waals surface area contributed by atoms with Crippen molar-refractivity contribution in [2.75, 3.05) is 13.1 Å². The molecule has 0 spiro atoms. The van der Waals surface area contributed by atoms with Crippen LogP contribution in [0.1, 0.15) is 22.8 Å². The van der Waals surface area contributed by atoms with Gasteiger partial charge in [-0.3, -0.25) is 4.90 Å². The molecule has 1 saturated heterocycles. The van der Waals surface area contributed by atoms with Crippen LogP contribution in [0.15, 0.2) is 46.3 Å². The topological polar surface area (TPSA) is 3.24 Å². The molecular formula is C15H16BrNS. The van der Waals surface area contributed by atoms with E-state index in [1.54, 1.807) is 0 Å². The summed E-state index contributed by atoms with van der Waals surface area (Å²) < 4.78 is 1.23. The smallest absolute Gasteiger partial charge is 0.0285 e. The van der Waals surface area contributed by atoms with Crippen LogP contribution in [0.5, 0.6) is 0 Å². The first-order valence-electron chi connectivity index (χ1n) is 6.31. The second-order valence-corrected chi connectivity index (χ2v) is 6.73. The minimum absolute atomic E-state index is 0.727. The lowest BCUT2D eigenvalue weighted by Crippen LogP contribution is -2.19. The van der Waals surface area contributed by atoms with Crippen molar-refractivity contribution in [2.45, 2.75) is 18.9 Å². The van der Waals surface area contributed by atoms with Gasteiger partial charge >= 0.3 is 0 Å². The van der Waals surface area contributed by atoms with Gasteiger partial charge in [0, 0.05) is 33.7 Å². The molecule has 0 radical (unpaired) electrons. The van der Waals surface area contributed by atoms with Crippen LogP contribution in [0.25, 0.3) is 0 Å². The Bertz CT molecular complexity index is 508. The molecule has 0 saturated carbocycles. The molecule has 1 fully saturated rings. The van der Waals surface area contributed by atoms with Gasteiger partial charge in [-0.2, -0.15) is 0 Å². The Hall–Kier alpha value is -0.640. The van der Waals surface area contributed by atoms with Gasteiger partial charge in [0.15, 0.2) is 0 Å². The second-order valence-electron chi connectivity index (χ2n) is 4.87. The first-order chi connectivity index (χ1) is 8.81. The van der Waals surface area contributed by atoms with E-state index in [4.69, 9.17) is 0 Å². The molecule has 0 aliphatic carbocycles. The molecule has 2 aromatic rings. The SMILES string of the molecule is Brc1csc(C2CCN(Cc3ccccc3)C2)c1. The lowest BCUT2D eigenvalue weighted by molar-refractivity contribution is 0.327. The predicted octanol–water partition coefficient (Wildman–Crippen LogP) is 4.50. The summed E-state index contributed by atoms with van der Waals surface area (Å²) in [4.78, 5) is 4.09. The van der Waals surface area contributed by atoms with Crippen LogP contribution < -0.4 is 0 Å². The van der Waals surface area contributed by atoms with Gasteiger partial charge in [0.25, 0.3) is 0 Å². The monoisotopic (exact) mass is 321 g/mol. The van der Waals surface area contributed by atoms with Crippen LogP contribution in [0, 0.1) is 0 Å². The van der Waals surface area contributed by atoms with E-state index in [1.807, 2.05) is 11.3 Å². The maximum atomic E-state index is 3.54. The highest BCUT2D eigenvalue weighted by atomic mass is 79.9. The molecule has 18 heavy (non-hydrogen) atoms. The van der Waals surface area contributed by atoms with Crippen molar-refractivity contribution in [2.24, 2.45) is 0 Å². The number of rotatable bonds is 3. The predicted molar refractivity (Wildman–Crippen MR) is 81.1 cm³/mol. The highest BCUT2D eigenvalue weighted by Gasteiger charge is 2.24. The third-order valence-electron chi connectivity index (χ3n) is 3.51. The number of likely N-dealkylation sites (tertiary alicyclic amines) is 1. The number of nitrogens with zero attached hydrogens (tertiary/aromatic N) is 1. The fourth-order valence-corrected chi connectivity index (χ4v) is 4.17. The van der Waals surface area contributed by atoms with E-state index in [-0.39, 0.29) is 0 Å². The molecular weight excluding hydrogens is 306 g/mol. The largest absolute Gasteiger partial charge is 0.298 e. The van der Waals surface area contributed by atoms with Gasteiger partial charge in [0.1, 0.15) is 0 Å². The summed E-state index contributed by atoms with van der Waals surface area (Å²) in [5.41, 5.74) is 1.42. The summed E-state index contributed by atoms with van der Waals surface area (Å²) in [6.45, 7) is 3.50. The normalized spacial score (nSPS) is 20.4. The molecule has 1 unspecified atom stereocenters. The van der Waals surface area contributed by atoms with Crippen molar-refractivity contribution >= 4 is 27.3 Å². The molecule has 0 bridgehead atoms. The van der Waals surface area contributed by atoms with Crippen molar-refractivity contribution in [3.05, 3.63) is 56.7 Å². The molecule has 0 N–H and O–H groups in total. The first kappa shape index (κ1) is 12.4. The van der Waals surface area contributed by atoms with Crippen molar-refractivity contribution < 1.29 is 0 Å². The highest BCUT2D eigenvalue weighted by Crippen LogP contribution is 2.33. The molecule has 94 valence electrons. The van der Waals surface area contributed by atoms with Gasteiger partial charge in [0.05, 0.1) is 0 Å². The van der Waals surface area contributed by atoms with Crippen LogP contribution in [0.2, 0.25) is 0 Å². The lowest BCUT2D eigenvalue weighted by atomic mass is 10.1. The van der Waals surface area contributed by atoms with Crippen molar-refractivity contribution in [3.63, 3.8) is 0 Å². The van der Waals surface area contributed by atoms with Crippen molar-refractivity contribution in [1.82, 2.24) is 4.90 Å². The summed E-state index contributed by atoms with van der Waals surface area (Å²) in [5.74, 6) is 0.727. The first-order valence-corrected chi connectivity index (χ1v) is 7.99. The molecule has 1 aliphatic heterocycles. The fraction of sp³-hybridized carbons (Fsp3) is 0.333. The minimum atomic E-state index is 0.727. The van der Waals surface area contributed by atoms with Gasteiger partial charge in [-0.25, -0.2) is 0 Å². The average molecular weight is 322 g/mol. The van der Waals surface area contributed by atoms with E-state index in [9.17, 15) is 0 Å². The van der Waals surface area contributed by atoms with Gasteiger partial charge in [-0.05, 0) is 40.5 Å². The summed E-state index contributed by atoms with van der Waals surface area (Å²) in [6, 6.07) is 13.0. The van der Waals surface area contributed by atoms with Crippen LogP contribution in [-0.4, -0.2) is 18.0 Å². The average Bonchev–Trinajstić information content (AvgIpc) is 2.99. The molecule has 3 heteroatoms. The zero-order valence-corrected chi connectivity index (χ0v) is 12.6. The highest BCUT2D eigenvalue weighted by molar-refractivity contribution is 9.10. The second kappa shape index (κ2) is 5.55. The van der Waals surface area contributed by atoms with Gasteiger partial charge in [0.2, 0.25) is 0 Å². The number of halogens is 1. The van der Waals surface area contributed by atoms with E-state index >= 15 is 0 Å². The zero-order chi connectivity index (χ0) is 12.4. The summed E-state index contributed by atoms with van der Waals surface area (Å²) in [7, 11) is 0. The molecule has 0 amide bonds. The van der Waals surface area contributed by atoms with Gasteiger partial charge in [-0.15, -0.1) is 11.3 Å². The van der Waals surface area contributed by atoms with E-state index in [2.05, 4.69) is 62.6 Å². The van der Waals surface area contributed by atoms with Crippen molar-refractivity contribution in [1.29, 1.82) is 0 Å². The van der Waals surface area contributed by atoms with Crippen LogP contribution in [0.3, 0.4) is 0 Å². The van der Waals surface area contributed by atoms with Gasteiger partial charge < -0.3 is 0 Å². The maximum Gasteiger partial charge on any atom is 0.0285 e. The van der Waals surface area contributed by atoms with Crippen molar-refractivity contribution in [3.8, 4) is 0 Å². The van der Waals surface area contributed by atoms with E-state index in [0.717, 1.165) is 12.5 Å². The Kier molecular flexibility index (Phi) is 3.83. The molecule has 1 aromatic heterocycles. The maximum absolute atomic E-state index is 3.54. The van der Waals surface area contributed by atoms with E-state index < -0.39 is 0 Å². The molecule has 1 aliphatic rings.